The van der Waals surface area contributed by atoms with Crippen LogP contribution < -0.4 is 0 Å². The zero-order valence-electron chi connectivity index (χ0n) is 9.74. The van der Waals surface area contributed by atoms with Crippen LogP contribution in [0.4, 0.5) is 3.89 Å². The standard InChI is InChI=1S/C11H13FO4S/c1-6-4-7(2)11(17(12,15)16)8(3)9(6)5-10(13)14/h4H,5H2,1-3H3,(H,13,14). The minimum Gasteiger partial charge on any atom is -0.481 e. The molecule has 4 nitrogen and oxygen atoms in total. The van der Waals surface area contributed by atoms with Crippen LogP contribution in [0.25, 0.3) is 0 Å². The summed E-state index contributed by atoms with van der Waals surface area (Å²) in [7, 11) is -4.83. The Morgan fingerprint density at radius 3 is 2.24 bits per heavy atom. The van der Waals surface area contributed by atoms with Crippen molar-refractivity contribution >= 4 is 16.2 Å². The third-order valence-corrected chi connectivity index (χ3v) is 3.75. The fourth-order valence-corrected chi connectivity index (χ4v) is 2.94. The van der Waals surface area contributed by atoms with Gasteiger partial charge in [0.2, 0.25) is 0 Å². The van der Waals surface area contributed by atoms with E-state index in [1.54, 1.807) is 6.92 Å². The number of aryl methyl sites for hydroxylation is 2. The molecule has 94 valence electrons. The van der Waals surface area contributed by atoms with Gasteiger partial charge in [0.05, 0.1) is 6.42 Å². The van der Waals surface area contributed by atoms with Gasteiger partial charge in [-0.2, -0.15) is 8.42 Å². The number of hydrogen-bond acceptors (Lipinski definition) is 3. The minimum atomic E-state index is -4.83. The number of aliphatic carboxylic acids is 1. The zero-order chi connectivity index (χ0) is 13.4. The van der Waals surface area contributed by atoms with E-state index in [2.05, 4.69) is 0 Å². The average molecular weight is 260 g/mol. The van der Waals surface area contributed by atoms with Crippen molar-refractivity contribution in [3.05, 3.63) is 28.3 Å². The van der Waals surface area contributed by atoms with Crippen molar-refractivity contribution in [1.29, 1.82) is 0 Å². The highest BCUT2D eigenvalue weighted by atomic mass is 32.3. The molecule has 0 bridgehead atoms. The third kappa shape index (κ3) is 2.82. The molecule has 17 heavy (non-hydrogen) atoms. The molecule has 0 unspecified atom stereocenters. The van der Waals surface area contributed by atoms with Crippen molar-refractivity contribution in [2.45, 2.75) is 32.1 Å². The third-order valence-electron chi connectivity index (χ3n) is 2.63. The van der Waals surface area contributed by atoms with E-state index in [0.29, 0.717) is 11.1 Å². The lowest BCUT2D eigenvalue weighted by molar-refractivity contribution is -0.136. The van der Waals surface area contributed by atoms with Gasteiger partial charge in [0, 0.05) is 0 Å². The number of halogens is 1. The lowest BCUT2D eigenvalue weighted by Crippen LogP contribution is -2.09. The van der Waals surface area contributed by atoms with Gasteiger partial charge in [0.15, 0.2) is 0 Å². The normalized spacial score (nSPS) is 11.5. The van der Waals surface area contributed by atoms with Crippen molar-refractivity contribution < 1.29 is 22.2 Å². The summed E-state index contributed by atoms with van der Waals surface area (Å²) < 4.78 is 35.1. The second-order valence-corrected chi connectivity index (χ2v) is 5.24. The molecule has 0 spiro atoms. The molecule has 0 aliphatic heterocycles. The highest BCUT2D eigenvalue weighted by Crippen LogP contribution is 2.28. The molecule has 0 aliphatic carbocycles. The van der Waals surface area contributed by atoms with Crippen LogP contribution >= 0.6 is 0 Å². The summed E-state index contributed by atoms with van der Waals surface area (Å²) in [6, 6.07) is 1.48. The zero-order valence-corrected chi connectivity index (χ0v) is 10.6. The van der Waals surface area contributed by atoms with Crippen LogP contribution in [0.1, 0.15) is 22.3 Å². The molecule has 1 N–H and O–H groups in total. The van der Waals surface area contributed by atoms with E-state index in [-0.39, 0.29) is 17.5 Å². The Kier molecular flexibility index (Phi) is 3.56. The Morgan fingerprint density at radius 1 is 1.29 bits per heavy atom. The molecule has 0 atom stereocenters. The van der Waals surface area contributed by atoms with Crippen molar-refractivity contribution in [3.8, 4) is 0 Å². The molecular weight excluding hydrogens is 247 g/mol. The number of rotatable bonds is 3. The lowest BCUT2D eigenvalue weighted by Gasteiger charge is -2.13. The fraction of sp³-hybridized carbons (Fsp3) is 0.364. The van der Waals surface area contributed by atoms with Crippen LogP contribution in [-0.2, 0) is 21.4 Å². The van der Waals surface area contributed by atoms with Gasteiger partial charge in [-0.1, -0.05) is 6.07 Å². The molecular formula is C11H13FO4S. The summed E-state index contributed by atoms with van der Waals surface area (Å²) in [5, 5.41) is 8.74. The summed E-state index contributed by atoms with van der Waals surface area (Å²) >= 11 is 0. The Balaban J connectivity index is 3.60. The molecule has 1 aromatic rings. The average Bonchev–Trinajstić information content (AvgIpc) is 2.08. The summed E-state index contributed by atoms with van der Waals surface area (Å²) in [5.41, 5.74) is 1.46. The predicted octanol–water partition coefficient (Wildman–Crippen LogP) is 1.90. The van der Waals surface area contributed by atoms with E-state index in [1.165, 1.54) is 19.9 Å². The van der Waals surface area contributed by atoms with Crippen molar-refractivity contribution in [2.75, 3.05) is 0 Å². The first-order valence-electron chi connectivity index (χ1n) is 4.90. The van der Waals surface area contributed by atoms with E-state index in [4.69, 9.17) is 5.11 Å². The topological polar surface area (TPSA) is 71.4 Å². The maximum atomic E-state index is 13.1. The Hall–Kier alpha value is -1.43. The number of carbonyl (C=O) groups is 1. The van der Waals surface area contributed by atoms with Gasteiger partial charge < -0.3 is 5.11 Å². The van der Waals surface area contributed by atoms with Gasteiger partial charge in [-0.25, -0.2) is 0 Å². The highest BCUT2D eigenvalue weighted by Gasteiger charge is 2.22. The van der Waals surface area contributed by atoms with Crippen LogP contribution in [-0.4, -0.2) is 19.5 Å². The van der Waals surface area contributed by atoms with Crippen LogP contribution in [0.2, 0.25) is 0 Å². The molecule has 0 aliphatic rings. The Labute approximate surface area is 99.3 Å². The Bertz CT molecular complexity index is 576. The number of carboxylic acids is 1. The molecule has 1 rings (SSSR count). The smallest absolute Gasteiger partial charge is 0.332 e. The van der Waals surface area contributed by atoms with Gasteiger partial charge in [0.25, 0.3) is 0 Å². The predicted molar refractivity (Wildman–Crippen MR) is 60.3 cm³/mol. The van der Waals surface area contributed by atoms with Crippen LogP contribution in [0.15, 0.2) is 11.0 Å². The van der Waals surface area contributed by atoms with E-state index in [9.17, 15) is 17.1 Å². The van der Waals surface area contributed by atoms with Crippen LogP contribution in [0.5, 0.6) is 0 Å². The van der Waals surface area contributed by atoms with E-state index in [0.717, 1.165) is 0 Å². The molecule has 0 saturated carbocycles. The Morgan fingerprint density at radius 2 is 1.82 bits per heavy atom. The number of hydrogen-bond donors (Lipinski definition) is 1. The summed E-state index contributed by atoms with van der Waals surface area (Å²) in [6.07, 6.45) is -0.319. The van der Waals surface area contributed by atoms with Crippen molar-refractivity contribution in [1.82, 2.24) is 0 Å². The minimum absolute atomic E-state index is 0.174. The second-order valence-electron chi connectivity index (χ2n) is 3.95. The quantitative estimate of drug-likeness (QED) is 0.842. The molecule has 1 aromatic carbocycles. The first-order valence-corrected chi connectivity index (χ1v) is 6.29. The van der Waals surface area contributed by atoms with Gasteiger partial charge >= 0.3 is 16.2 Å². The molecule has 0 heterocycles. The number of benzene rings is 1. The molecule has 0 amide bonds. The fourth-order valence-electron chi connectivity index (χ4n) is 2.00. The van der Waals surface area contributed by atoms with Crippen LogP contribution in [0.3, 0.4) is 0 Å². The van der Waals surface area contributed by atoms with E-state index >= 15 is 0 Å². The maximum Gasteiger partial charge on any atom is 0.332 e. The number of carboxylic acid groups (broad SMARTS) is 1. The first kappa shape index (κ1) is 13.6. The summed E-state index contributed by atoms with van der Waals surface area (Å²) in [5.74, 6) is -1.08. The molecule has 0 radical (unpaired) electrons. The van der Waals surface area contributed by atoms with Gasteiger partial charge in [0.1, 0.15) is 4.90 Å². The highest BCUT2D eigenvalue weighted by molar-refractivity contribution is 7.86. The van der Waals surface area contributed by atoms with Crippen molar-refractivity contribution in [2.24, 2.45) is 0 Å². The maximum absolute atomic E-state index is 13.1. The van der Waals surface area contributed by atoms with Gasteiger partial charge in [-0.3, -0.25) is 4.79 Å². The second kappa shape index (κ2) is 4.44. The van der Waals surface area contributed by atoms with Crippen LogP contribution in [0, 0.1) is 20.8 Å². The van der Waals surface area contributed by atoms with E-state index < -0.39 is 21.1 Å². The summed E-state index contributed by atoms with van der Waals surface area (Å²) in [6.45, 7) is 4.58. The molecule has 0 fully saturated rings. The SMILES string of the molecule is Cc1cc(C)c(S(=O)(=O)F)c(C)c1CC(=O)O. The van der Waals surface area contributed by atoms with Gasteiger partial charge in [-0.05, 0) is 43.0 Å². The van der Waals surface area contributed by atoms with Gasteiger partial charge in [-0.15, -0.1) is 3.89 Å². The first-order chi connectivity index (χ1) is 7.64. The largest absolute Gasteiger partial charge is 0.481 e. The molecule has 0 saturated heterocycles. The lowest BCUT2D eigenvalue weighted by atomic mass is 9.97. The van der Waals surface area contributed by atoms with Crippen molar-refractivity contribution in [3.63, 3.8) is 0 Å². The summed E-state index contributed by atoms with van der Waals surface area (Å²) in [4.78, 5) is 10.3. The molecule has 6 heteroatoms. The monoisotopic (exact) mass is 260 g/mol. The molecule has 0 aromatic heterocycles. The van der Waals surface area contributed by atoms with E-state index in [1.807, 2.05) is 0 Å².